The van der Waals surface area contributed by atoms with E-state index < -0.39 is 17.7 Å². The summed E-state index contributed by atoms with van der Waals surface area (Å²) in [6.45, 7) is 12.8. The van der Waals surface area contributed by atoms with Crippen LogP contribution in [0.5, 0.6) is 0 Å². The van der Waals surface area contributed by atoms with Crippen molar-refractivity contribution in [1.82, 2.24) is 5.32 Å². The number of carbonyl (C=O) groups excluding carboxylic acids is 2. The van der Waals surface area contributed by atoms with Crippen LogP contribution in [0.3, 0.4) is 0 Å². The molecule has 0 saturated carbocycles. The van der Waals surface area contributed by atoms with E-state index in [2.05, 4.69) is 5.32 Å². The summed E-state index contributed by atoms with van der Waals surface area (Å²) in [7, 11) is 0. The molecular weight excluding hydrogens is 250 g/mol. The second-order valence-electron chi connectivity index (χ2n) is 5.73. The SMILES string of the molecule is CCSC(C)(C)C(NC(=O)OC(C)(C)C)C(C)=O. The molecule has 0 spiro atoms. The van der Waals surface area contributed by atoms with Gasteiger partial charge in [0.05, 0.1) is 0 Å². The first-order valence-corrected chi connectivity index (χ1v) is 7.12. The van der Waals surface area contributed by atoms with Crippen LogP contribution in [-0.2, 0) is 9.53 Å². The van der Waals surface area contributed by atoms with Crippen molar-refractivity contribution >= 4 is 23.6 Å². The maximum absolute atomic E-state index is 11.7. The Balaban J connectivity index is 4.75. The lowest BCUT2D eigenvalue weighted by molar-refractivity contribution is -0.119. The molecule has 0 aromatic rings. The van der Waals surface area contributed by atoms with Gasteiger partial charge in [0.25, 0.3) is 0 Å². The highest BCUT2D eigenvalue weighted by Gasteiger charge is 2.35. The standard InChI is InChI=1S/C13H25NO3S/c1-8-18-13(6,7)10(9(2)15)14-11(16)17-12(3,4)5/h10H,8H2,1-7H3,(H,14,16). The van der Waals surface area contributed by atoms with Crippen LogP contribution >= 0.6 is 11.8 Å². The van der Waals surface area contributed by atoms with Crippen molar-refractivity contribution in [3.8, 4) is 0 Å². The minimum Gasteiger partial charge on any atom is -0.444 e. The molecule has 1 amide bonds. The second-order valence-corrected chi connectivity index (χ2v) is 7.64. The summed E-state index contributed by atoms with van der Waals surface area (Å²) in [5, 5.41) is 2.67. The molecule has 0 aliphatic carbocycles. The summed E-state index contributed by atoms with van der Waals surface area (Å²) < 4.78 is 4.83. The molecule has 106 valence electrons. The quantitative estimate of drug-likeness (QED) is 0.838. The Bertz CT molecular complexity index is 308. The minimum absolute atomic E-state index is 0.0631. The van der Waals surface area contributed by atoms with Crippen molar-refractivity contribution < 1.29 is 14.3 Å². The molecule has 0 aliphatic heterocycles. The molecule has 0 radical (unpaired) electrons. The molecule has 5 heteroatoms. The number of Topliss-reactive ketones (excluding diaryl/α,β-unsaturated/α-hetero) is 1. The van der Waals surface area contributed by atoms with E-state index >= 15 is 0 Å². The summed E-state index contributed by atoms with van der Waals surface area (Å²) in [4.78, 5) is 23.4. The average Bonchev–Trinajstić information content (AvgIpc) is 2.10. The molecule has 0 aromatic carbocycles. The number of hydrogen-bond donors (Lipinski definition) is 1. The van der Waals surface area contributed by atoms with Gasteiger partial charge >= 0.3 is 6.09 Å². The van der Waals surface area contributed by atoms with Gasteiger partial charge in [0.1, 0.15) is 11.6 Å². The highest BCUT2D eigenvalue weighted by molar-refractivity contribution is 8.00. The van der Waals surface area contributed by atoms with E-state index in [1.807, 2.05) is 20.8 Å². The van der Waals surface area contributed by atoms with Crippen LogP contribution in [0.15, 0.2) is 0 Å². The Morgan fingerprint density at radius 3 is 2.06 bits per heavy atom. The van der Waals surface area contributed by atoms with Crippen LogP contribution in [0, 0.1) is 0 Å². The summed E-state index contributed by atoms with van der Waals surface area (Å²) in [6.07, 6.45) is -0.549. The largest absolute Gasteiger partial charge is 0.444 e. The molecule has 1 unspecified atom stereocenters. The summed E-state index contributed by atoms with van der Waals surface area (Å²) in [5.74, 6) is 0.819. The van der Waals surface area contributed by atoms with E-state index in [1.54, 1.807) is 32.5 Å². The average molecular weight is 275 g/mol. The molecule has 0 saturated heterocycles. The molecule has 1 atom stereocenters. The van der Waals surface area contributed by atoms with E-state index in [0.29, 0.717) is 0 Å². The summed E-state index contributed by atoms with van der Waals surface area (Å²) in [5.41, 5.74) is -0.562. The number of carbonyl (C=O) groups is 2. The first-order chi connectivity index (χ1) is 7.99. The zero-order valence-corrected chi connectivity index (χ0v) is 13.2. The second kappa shape index (κ2) is 6.45. The normalized spacial score (nSPS) is 13.9. The van der Waals surface area contributed by atoms with Gasteiger partial charge in [0, 0.05) is 4.75 Å². The number of alkyl carbamates (subject to hydrolysis) is 1. The molecule has 4 nitrogen and oxygen atoms in total. The molecule has 0 fully saturated rings. The van der Waals surface area contributed by atoms with Crippen molar-refractivity contribution in [1.29, 1.82) is 0 Å². The van der Waals surface area contributed by atoms with Gasteiger partial charge < -0.3 is 10.1 Å². The number of rotatable bonds is 5. The van der Waals surface area contributed by atoms with Gasteiger partial charge in [-0.25, -0.2) is 4.79 Å². The minimum atomic E-state index is -0.562. The number of hydrogen-bond acceptors (Lipinski definition) is 4. The third-order valence-corrected chi connectivity index (χ3v) is 3.55. The maximum Gasteiger partial charge on any atom is 0.408 e. The molecule has 0 aromatic heterocycles. The van der Waals surface area contributed by atoms with Crippen molar-refractivity contribution in [3.63, 3.8) is 0 Å². The van der Waals surface area contributed by atoms with E-state index in [9.17, 15) is 9.59 Å². The third kappa shape index (κ3) is 6.28. The monoisotopic (exact) mass is 275 g/mol. The van der Waals surface area contributed by atoms with Crippen LogP contribution in [0.1, 0.15) is 48.5 Å². The fraction of sp³-hybridized carbons (Fsp3) is 0.846. The molecule has 0 rings (SSSR count). The number of ketones is 1. The molecule has 0 heterocycles. The Morgan fingerprint density at radius 1 is 1.22 bits per heavy atom. The fourth-order valence-corrected chi connectivity index (χ4v) is 2.78. The van der Waals surface area contributed by atoms with Crippen molar-refractivity contribution in [2.75, 3.05) is 5.75 Å². The van der Waals surface area contributed by atoms with Crippen LogP contribution < -0.4 is 5.32 Å². The maximum atomic E-state index is 11.7. The summed E-state index contributed by atoms with van der Waals surface area (Å²) in [6, 6.07) is -0.544. The molecule has 18 heavy (non-hydrogen) atoms. The zero-order chi connectivity index (χ0) is 14.6. The zero-order valence-electron chi connectivity index (χ0n) is 12.4. The molecule has 1 N–H and O–H groups in total. The van der Waals surface area contributed by atoms with Crippen molar-refractivity contribution in [2.45, 2.75) is 64.9 Å². The van der Waals surface area contributed by atoms with Gasteiger partial charge in [-0.3, -0.25) is 4.79 Å². The highest BCUT2D eigenvalue weighted by Crippen LogP contribution is 2.28. The number of ether oxygens (including phenoxy) is 1. The molecular formula is C13H25NO3S. The van der Waals surface area contributed by atoms with Crippen LogP contribution in [0.4, 0.5) is 4.79 Å². The Kier molecular flexibility index (Phi) is 6.20. The van der Waals surface area contributed by atoms with E-state index in [1.165, 1.54) is 6.92 Å². The Morgan fingerprint density at radius 2 is 1.72 bits per heavy atom. The lowest BCUT2D eigenvalue weighted by Crippen LogP contribution is -2.52. The highest BCUT2D eigenvalue weighted by atomic mass is 32.2. The van der Waals surface area contributed by atoms with Gasteiger partial charge in [-0.1, -0.05) is 6.92 Å². The van der Waals surface area contributed by atoms with Gasteiger partial charge in [-0.2, -0.15) is 11.8 Å². The molecule has 0 bridgehead atoms. The van der Waals surface area contributed by atoms with Gasteiger partial charge in [0.2, 0.25) is 0 Å². The Hall–Kier alpha value is -0.710. The van der Waals surface area contributed by atoms with Crippen LogP contribution in [0.25, 0.3) is 0 Å². The van der Waals surface area contributed by atoms with Gasteiger partial charge in [-0.15, -0.1) is 0 Å². The number of amides is 1. The summed E-state index contributed by atoms with van der Waals surface area (Å²) >= 11 is 1.64. The lowest BCUT2D eigenvalue weighted by atomic mass is 10.00. The predicted octanol–water partition coefficient (Wildman–Crippen LogP) is 3.00. The van der Waals surface area contributed by atoms with Crippen molar-refractivity contribution in [3.05, 3.63) is 0 Å². The fourth-order valence-electron chi connectivity index (χ4n) is 1.65. The first kappa shape index (κ1) is 17.3. The lowest BCUT2D eigenvalue weighted by Gasteiger charge is -2.33. The first-order valence-electron chi connectivity index (χ1n) is 6.13. The third-order valence-electron chi connectivity index (χ3n) is 2.28. The van der Waals surface area contributed by atoms with Gasteiger partial charge in [0.15, 0.2) is 5.78 Å². The van der Waals surface area contributed by atoms with Crippen molar-refractivity contribution in [2.24, 2.45) is 0 Å². The molecule has 0 aliphatic rings. The van der Waals surface area contributed by atoms with E-state index in [-0.39, 0.29) is 10.5 Å². The topological polar surface area (TPSA) is 55.4 Å². The predicted molar refractivity (Wildman–Crippen MR) is 76.0 cm³/mol. The number of nitrogens with one attached hydrogen (secondary N) is 1. The van der Waals surface area contributed by atoms with Crippen LogP contribution in [0.2, 0.25) is 0 Å². The van der Waals surface area contributed by atoms with E-state index in [4.69, 9.17) is 4.74 Å². The Labute approximate surface area is 114 Å². The van der Waals surface area contributed by atoms with E-state index in [0.717, 1.165) is 5.75 Å². The number of thioether (sulfide) groups is 1. The van der Waals surface area contributed by atoms with Crippen LogP contribution in [-0.4, -0.2) is 34.0 Å². The smallest absolute Gasteiger partial charge is 0.408 e. The van der Waals surface area contributed by atoms with Gasteiger partial charge in [-0.05, 0) is 47.3 Å².